The van der Waals surface area contributed by atoms with Gasteiger partial charge >= 0.3 is 5.97 Å². The third-order valence-electron chi connectivity index (χ3n) is 5.22. The van der Waals surface area contributed by atoms with Crippen molar-refractivity contribution in [3.05, 3.63) is 64.7 Å². The normalized spacial score (nSPS) is 25.0. The predicted molar refractivity (Wildman–Crippen MR) is 100 cm³/mol. The van der Waals surface area contributed by atoms with E-state index in [1.807, 2.05) is 19.1 Å². The summed E-state index contributed by atoms with van der Waals surface area (Å²) in [7, 11) is -3.88. The first-order chi connectivity index (χ1) is 12.3. The first kappa shape index (κ1) is 18.9. The highest BCUT2D eigenvalue weighted by molar-refractivity contribution is 7.92. The molecule has 3 rings (SSSR count). The van der Waals surface area contributed by atoms with E-state index in [4.69, 9.17) is 17.3 Å². The van der Waals surface area contributed by atoms with Gasteiger partial charge in [0.05, 0.1) is 10.1 Å². The molecule has 7 heteroatoms. The maximum absolute atomic E-state index is 13.1. The van der Waals surface area contributed by atoms with Crippen LogP contribution in [0.2, 0.25) is 5.02 Å². The minimum absolute atomic E-state index is 0.0543. The number of hydrogen-bond donors (Lipinski definition) is 2. The SMILES string of the molecule is CCc1ccc([C@H]2[C@H](S(=O)(=O)c3ccc(Cl)cc3)[C@@]2(CN)C(=O)O)cc1. The van der Waals surface area contributed by atoms with Crippen LogP contribution < -0.4 is 5.73 Å². The molecule has 5 nitrogen and oxygen atoms in total. The topological polar surface area (TPSA) is 97.5 Å². The van der Waals surface area contributed by atoms with Gasteiger partial charge in [-0.15, -0.1) is 0 Å². The summed E-state index contributed by atoms with van der Waals surface area (Å²) in [5.41, 5.74) is 6.03. The molecule has 0 bridgehead atoms. The van der Waals surface area contributed by atoms with Crippen molar-refractivity contribution < 1.29 is 18.3 Å². The standard InChI is InChI=1S/C19H20ClNO4S/c1-2-12-3-5-13(6-4-12)16-17(19(16,11-21)18(22)23)26(24,25)15-9-7-14(20)8-10-15/h3-10,16-17H,2,11,21H2,1H3,(H,22,23)/t16-,17-,19-/m0/s1. The lowest BCUT2D eigenvalue weighted by Gasteiger charge is -2.10. The van der Waals surface area contributed by atoms with Gasteiger partial charge in [0.15, 0.2) is 9.84 Å². The van der Waals surface area contributed by atoms with Crippen molar-refractivity contribution in [1.82, 2.24) is 0 Å². The third-order valence-corrected chi connectivity index (χ3v) is 7.76. The van der Waals surface area contributed by atoms with E-state index in [9.17, 15) is 18.3 Å². The van der Waals surface area contributed by atoms with E-state index in [1.165, 1.54) is 24.3 Å². The van der Waals surface area contributed by atoms with Gasteiger partial charge in [-0.2, -0.15) is 0 Å². The zero-order valence-corrected chi connectivity index (χ0v) is 15.8. The first-order valence-electron chi connectivity index (χ1n) is 8.30. The zero-order chi connectivity index (χ0) is 19.1. The summed E-state index contributed by atoms with van der Waals surface area (Å²) < 4.78 is 26.3. The van der Waals surface area contributed by atoms with Crippen molar-refractivity contribution in [2.75, 3.05) is 6.54 Å². The molecule has 2 aromatic carbocycles. The predicted octanol–water partition coefficient (Wildman–Crippen LogP) is 2.87. The van der Waals surface area contributed by atoms with Crippen molar-refractivity contribution in [3.63, 3.8) is 0 Å². The molecule has 1 fully saturated rings. The van der Waals surface area contributed by atoms with Gasteiger partial charge in [0.2, 0.25) is 0 Å². The molecule has 26 heavy (non-hydrogen) atoms. The van der Waals surface area contributed by atoms with Crippen molar-refractivity contribution >= 4 is 27.4 Å². The molecule has 1 aliphatic carbocycles. The second-order valence-corrected chi connectivity index (χ2v) is 9.05. The molecule has 0 heterocycles. The number of aliphatic carboxylic acids is 1. The summed E-state index contributed by atoms with van der Waals surface area (Å²) in [6.07, 6.45) is 0.846. The van der Waals surface area contributed by atoms with E-state index in [2.05, 4.69) is 0 Å². The smallest absolute Gasteiger partial charge is 0.312 e. The Morgan fingerprint density at radius 3 is 2.19 bits per heavy atom. The van der Waals surface area contributed by atoms with Crippen LogP contribution >= 0.6 is 11.6 Å². The Balaban J connectivity index is 2.08. The Kier molecular flexibility index (Phi) is 4.86. The minimum Gasteiger partial charge on any atom is -0.481 e. The lowest BCUT2D eigenvalue weighted by Crippen LogP contribution is -2.31. The number of hydrogen-bond acceptors (Lipinski definition) is 4. The van der Waals surface area contributed by atoms with Gasteiger partial charge in [0.1, 0.15) is 5.41 Å². The molecule has 1 saturated carbocycles. The summed E-state index contributed by atoms with van der Waals surface area (Å²) in [6.45, 7) is 1.77. The second kappa shape index (κ2) is 6.68. The highest BCUT2D eigenvalue weighted by atomic mass is 35.5. The average Bonchev–Trinajstić information content (AvgIpc) is 3.34. The molecule has 0 radical (unpaired) electrons. The maximum Gasteiger partial charge on any atom is 0.312 e. The van der Waals surface area contributed by atoms with E-state index < -0.39 is 32.4 Å². The molecule has 1 aliphatic rings. The molecule has 0 saturated heterocycles. The van der Waals surface area contributed by atoms with Crippen LogP contribution in [-0.4, -0.2) is 31.3 Å². The van der Waals surface area contributed by atoms with Crippen LogP contribution in [0.15, 0.2) is 53.4 Å². The lowest BCUT2D eigenvalue weighted by atomic mass is 9.98. The second-order valence-electron chi connectivity index (χ2n) is 6.54. The molecular formula is C19H20ClNO4S. The van der Waals surface area contributed by atoms with Gasteiger partial charge in [-0.1, -0.05) is 42.8 Å². The van der Waals surface area contributed by atoms with Crippen LogP contribution in [0.25, 0.3) is 0 Å². The number of sulfone groups is 1. The summed E-state index contributed by atoms with van der Waals surface area (Å²) in [5, 5.41) is 9.10. The Bertz CT molecular complexity index is 925. The van der Waals surface area contributed by atoms with E-state index in [1.54, 1.807) is 12.1 Å². The largest absolute Gasteiger partial charge is 0.481 e. The molecule has 0 aromatic heterocycles. The molecule has 0 spiro atoms. The molecular weight excluding hydrogens is 374 g/mol. The molecule has 0 aliphatic heterocycles. The van der Waals surface area contributed by atoms with Crippen LogP contribution in [0, 0.1) is 5.41 Å². The van der Waals surface area contributed by atoms with Gasteiger partial charge in [0, 0.05) is 17.5 Å². The van der Waals surface area contributed by atoms with Gasteiger partial charge in [-0.25, -0.2) is 8.42 Å². The van der Waals surface area contributed by atoms with Crippen LogP contribution in [0.5, 0.6) is 0 Å². The van der Waals surface area contributed by atoms with Gasteiger partial charge < -0.3 is 10.8 Å². The first-order valence-corrected chi connectivity index (χ1v) is 10.2. The lowest BCUT2D eigenvalue weighted by molar-refractivity contribution is -0.143. The Morgan fingerprint density at radius 1 is 1.15 bits per heavy atom. The number of aryl methyl sites for hydroxylation is 1. The molecule has 138 valence electrons. The Hall–Kier alpha value is -1.89. The van der Waals surface area contributed by atoms with Crippen LogP contribution in [-0.2, 0) is 21.1 Å². The van der Waals surface area contributed by atoms with Crippen LogP contribution in [0.4, 0.5) is 0 Å². The zero-order valence-electron chi connectivity index (χ0n) is 14.2. The molecule has 3 N–H and O–H groups in total. The third kappa shape index (κ3) is 2.82. The maximum atomic E-state index is 13.1. The van der Waals surface area contributed by atoms with E-state index in [0.29, 0.717) is 10.6 Å². The Morgan fingerprint density at radius 2 is 1.73 bits per heavy atom. The average molecular weight is 394 g/mol. The molecule has 3 atom stereocenters. The summed E-state index contributed by atoms with van der Waals surface area (Å²) in [4.78, 5) is 12.1. The molecule has 0 unspecified atom stereocenters. The van der Waals surface area contributed by atoms with Crippen LogP contribution in [0.1, 0.15) is 24.0 Å². The number of rotatable bonds is 6. The quantitative estimate of drug-likeness (QED) is 0.786. The van der Waals surface area contributed by atoms with Gasteiger partial charge in [0.25, 0.3) is 0 Å². The van der Waals surface area contributed by atoms with Crippen molar-refractivity contribution in [1.29, 1.82) is 0 Å². The number of nitrogens with two attached hydrogens (primary N) is 1. The van der Waals surface area contributed by atoms with E-state index in [0.717, 1.165) is 12.0 Å². The van der Waals surface area contributed by atoms with E-state index >= 15 is 0 Å². The van der Waals surface area contributed by atoms with Crippen molar-refractivity contribution in [2.24, 2.45) is 11.1 Å². The number of benzene rings is 2. The minimum atomic E-state index is -3.88. The van der Waals surface area contributed by atoms with Gasteiger partial charge in [-0.05, 0) is 41.8 Å². The number of carboxylic acids is 1. The highest BCUT2D eigenvalue weighted by Crippen LogP contribution is 2.63. The fourth-order valence-corrected chi connectivity index (χ4v) is 6.16. The number of carbonyl (C=O) groups is 1. The van der Waals surface area contributed by atoms with Gasteiger partial charge in [-0.3, -0.25) is 4.79 Å². The number of carboxylic acid groups (broad SMARTS) is 1. The monoisotopic (exact) mass is 393 g/mol. The fraction of sp³-hybridized carbons (Fsp3) is 0.316. The van der Waals surface area contributed by atoms with Crippen molar-refractivity contribution in [3.8, 4) is 0 Å². The van der Waals surface area contributed by atoms with Crippen molar-refractivity contribution in [2.45, 2.75) is 29.4 Å². The highest BCUT2D eigenvalue weighted by Gasteiger charge is 2.75. The summed E-state index contributed by atoms with van der Waals surface area (Å²) >= 11 is 5.83. The number of halogens is 1. The summed E-state index contributed by atoms with van der Waals surface area (Å²) in [6, 6.07) is 13.1. The Labute approximate surface area is 157 Å². The molecule has 0 amide bonds. The van der Waals surface area contributed by atoms with Crippen LogP contribution in [0.3, 0.4) is 0 Å². The van der Waals surface area contributed by atoms with E-state index in [-0.39, 0.29) is 11.4 Å². The molecule has 2 aromatic rings. The summed E-state index contributed by atoms with van der Waals surface area (Å²) in [5.74, 6) is -1.87. The fourth-order valence-electron chi connectivity index (χ4n) is 3.65.